The first-order valence-electron chi connectivity index (χ1n) is 7.85. The van der Waals surface area contributed by atoms with Gasteiger partial charge in [-0.2, -0.15) is 0 Å². The molecular weight excluding hydrogens is 312 g/mol. The molecule has 0 atom stereocenters. The maximum Gasteiger partial charge on any atom is 0.230 e. The summed E-state index contributed by atoms with van der Waals surface area (Å²) in [6, 6.07) is 7.26. The van der Waals surface area contributed by atoms with E-state index in [4.69, 9.17) is 0 Å². The van der Waals surface area contributed by atoms with Crippen molar-refractivity contribution in [3.05, 3.63) is 24.3 Å². The maximum absolute atomic E-state index is 12.0. The van der Waals surface area contributed by atoms with Gasteiger partial charge < -0.3 is 10.4 Å². The molecule has 0 unspecified atom stereocenters. The van der Waals surface area contributed by atoms with Crippen LogP contribution in [0.3, 0.4) is 0 Å². The van der Waals surface area contributed by atoms with Crippen LogP contribution in [0.1, 0.15) is 32.1 Å². The van der Waals surface area contributed by atoms with Gasteiger partial charge in [-0.15, -0.1) is 5.10 Å². The van der Waals surface area contributed by atoms with Crippen molar-refractivity contribution in [1.29, 1.82) is 0 Å². The van der Waals surface area contributed by atoms with Gasteiger partial charge in [0, 0.05) is 6.04 Å². The van der Waals surface area contributed by atoms with Crippen molar-refractivity contribution in [1.82, 2.24) is 20.5 Å². The van der Waals surface area contributed by atoms with Gasteiger partial charge in [0.1, 0.15) is 5.75 Å². The average Bonchev–Trinajstić information content (AvgIpc) is 3.03. The summed E-state index contributed by atoms with van der Waals surface area (Å²) in [4.78, 5) is 16.3. The van der Waals surface area contributed by atoms with Crippen molar-refractivity contribution < 1.29 is 9.90 Å². The normalized spacial score (nSPS) is 15.5. The van der Waals surface area contributed by atoms with Crippen LogP contribution < -0.4 is 5.32 Å². The summed E-state index contributed by atoms with van der Waals surface area (Å²) in [5.74, 6) is 0.971. The van der Waals surface area contributed by atoms with Crippen molar-refractivity contribution in [2.45, 2.75) is 43.3 Å². The highest BCUT2D eigenvalue weighted by Gasteiger charge is 2.16. The Morgan fingerprint density at radius 2 is 2.09 bits per heavy atom. The van der Waals surface area contributed by atoms with Gasteiger partial charge in [0.15, 0.2) is 5.82 Å². The Morgan fingerprint density at radius 1 is 1.30 bits per heavy atom. The number of aromatic amines is 1. The first-order chi connectivity index (χ1) is 11.2. The number of thioether (sulfide) groups is 1. The van der Waals surface area contributed by atoms with Crippen molar-refractivity contribution in [2.75, 3.05) is 5.75 Å². The van der Waals surface area contributed by atoms with Gasteiger partial charge in [-0.25, -0.2) is 4.98 Å². The molecule has 1 amide bonds. The SMILES string of the molecule is O=C(CSc1n[nH]c(-c2ccccc2O)n1)NC1CCCCC1. The zero-order chi connectivity index (χ0) is 16.1. The van der Waals surface area contributed by atoms with Crippen LogP contribution in [-0.4, -0.2) is 38.0 Å². The third-order valence-corrected chi connectivity index (χ3v) is 4.77. The molecule has 7 heteroatoms. The Hall–Kier alpha value is -2.02. The number of H-pyrrole nitrogens is 1. The molecule has 0 aliphatic heterocycles. The van der Waals surface area contributed by atoms with E-state index in [2.05, 4.69) is 20.5 Å². The van der Waals surface area contributed by atoms with E-state index in [1.54, 1.807) is 18.2 Å². The van der Waals surface area contributed by atoms with Crippen LogP contribution in [-0.2, 0) is 4.79 Å². The molecule has 122 valence electrons. The summed E-state index contributed by atoms with van der Waals surface area (Å²) < 4.78 is 0. The Labute approximate surface area is 139 Å². The first-order valence-corrected chi connectivity index (χ1v) is 8.84. The minimum atomic E-state index is 0.0239. The van der Waals surface area contributed by atoms with Gasteiger partial charge in [-0.05, 0) is 25.0 Å². The third-order valence-electron chi connectivity index (χ3n) is 3.93. The number of para-hydroxylation sites is 1. The fourth-order valence-electron chi connectivity index (χ4n) is 2.75. The van der Waals surface area contributed by atoms with Crippen LogP contribution in [0.15, 0.2) is 29.4 Å². The fraction of sp³-hybridized carbons (Fsp3) is 0.438. The molecule has 3 rings (SSSR count). The minimum absolute atomic E-state index is 0.0239. The van der Waals surface area contributed by atoms with E-state index in [9.17, 15) is 9.90 Å². The van der Waals surface area contributed by atoms with Crippen molar-refractivity contribution >= 4 is 17.7 Å². The molecule has 1 aliphatic carbocycles. The standard InChI is InChI=1S/C16H20N4O2S/c21-13-9-5-4-8-12(13)15-18-16(20-19-15)23-10-14(22)17-11-6-2-1-3-7-11/h4-5,8-9,11,21H,1-3,6-7,10H2,(H,17,22)(H,18,19,20). The molecule has 1 heterocycles. The number of rotatable bonds is 5. The second kappa shape index (κ2) is 7.50. The van der Waals surface area contributed by atoms with E-state index < -0.39 is 0 Å². The van der Waals surface area contributed by atoms with Crippen LogP contribution in [0.5, 0.6) is 5.75 Å². The minimum Gasteiger partial charge on any atom is -0.507 e. The number of aromatic nitrogens is 3. The molecule has 0 radical (unpaired) electrons. The van der Waals surface area contributed by atoms with Crippen molar-refractivity contribution in [2.24, 2.45) is 0 Å². The van der Waals surface area contributed by atoms with Crippen LogP contribution in [0.25, 0.3) is 11.4 Å². The highest BCUT2D eigenvalue weighted by Crippen LogP contribution is 2.27. The second-order valence-electron chi connectivity index (χ2n) is 5.67. The molecule has 1 saturated carbocycles. The summed E-state index contributed by atoms with van der Waals surface area (Å²) in [5, 5.41) is 20.3. The molecule has 3 N–H and O–H groups in total. The quantitative estimate of drug-likeness (QED) is 0.732. The Morgan fingerprint density at radius 3 is 2.87 bits per heavy atom. The smallest absolute Gasteiger partial charge is 0.230 e. The summed E-state index contributed by atoms with van der Waals surface area (Å²) >= 11 is 1.29. The number of nitrogens with one attached hydrogen (secondary N) is 2. The molecule has 23 heavy (non-hydrogen) atoms. The molecule has 1 aromatic carbocycles. The number of hydrogen-bond donors (Lipinski definition) is 3. The van der Waals surface area contributed by atoms with Crippen LogP contribution in [0.2, 0.25) is 0 Å². The molecule has 1 fully saturated rings. The number of hydrogen-bond acceptors (Lipinski definition) is 5. The zero-order valence-electron chi connectivity index (χ0n) is 12.8. The lowest BCUT2D eigenvalue weighted by Gasteiger charge is -2.22. The lowest BCUT2D eigenvalue weighted by atomic mass is 9.95. The topological polar surface area (TPSA) is 90.9 Å². The lowest BCUT2D eigenvalue weighted by Crippen LogP contribution is -2.37. The Balaban J connectivity index is 1.53. The Bertz CT molecular complexity index is 668. The molecular formula is C16H20N4O2S. The molecule has 1 aromatic heterocycles. The summed E-state index contributed by atoms with van der Waals surface area (Å²) in [5.41, 5.74) is 0.596. The second-order valence-corrected chi connectivity index (χ2v) is 6.62. The van der Waals surface area contributed by atoms with Gasteiger partial charge >= 0.3 is 0 Å². The van der Waals surface area contributed by atoms with Gasteiger partial charge in [0.25, 0.3) is 0 Å². The summed E-state index contributed by atoms with van der Waals surface area (Å²) in [7, 11) is 0. The Kier molecular flexibility index (Phi) is 5.17. The van der Waals surface area contributed by atoms with E-state index in [0.717, 1.165) is 12.8 Å². The molecule has 2 aromatic rings. The molecule has 0 saturated heterocycles. The highest BCUT2D eigenvalue weighted by molar-refractivity contribution is 7.99. The molecule has 0 bridgehead atoms. The molecule has 1 aliphatic rings. The van der Waals surface area contributed by atoms with Crippen molar-refractivity contribution in [3.63, 3.8) is 0 Å². The number of phenolic OH excluding ortho intramolecular Hbond substituents is 1. The van der Waals surface area contributed by atoms with Gasteiger partial charge in [0.2, 0.25) is 11.1 Å². The zero-order valence-corrected chi connectivity index (χ0v) is 13.6. The van der Waals surface area contributed by atoms with Gasteiger partial charge in [0.05, 0.1) is 11.3 Å². The number of phenols is 1. The molecule has 6 nitrogen and oxygen atoms in total. The number of carbonyl (C=O) groups is 1. The van der Waals surface area contributed by atoms with Gasteiger partial charge in [-0.1, -0.05) is 43.2 Å². The van der Waals surface area contributed by atoms with E-state index in [1.165, 1.54) is 31.0 Å². The first kappa shape index (κ1) is 15.9. The average molecular weight is 332 g/mol. The monoisotopic (exact) mass is 332 g/mol. The van der Waals surface area contributed by atoms with E-state index in [1.807, 2.05) is 6.07 Å². The highest BCUT2D eigenvalue weighted by atomic mass is 32.2. The van der Waals surface area contributed by atoms with Crippen LogP contribution in [0, 0.1) is 0 Å². The number of aromatic hydroxyl groups is 1. The number of amides is 1. The summed E-state index contributed by atoms with van der Waals surface area (Å²) in [6.07, 6.45) is 5.82. The van der Waals surface area contributed by atoms with E-state index >= 15 is 0 Å². The van der Waals surface area contributed by atoms with Crippen LogP contribution in [0.4, 0.5) is 0 Å². The number of nitrogens with zero attached hydrogens (tertiary/aromatic N) is 2. The predicted molar refractivity (Wildman–Crippen MR) is 89.2 cm³/mol. The van der Waals surface area contributed by atoms with E-state index in [-0.39, 0.29) is 11.7 Å². The van der Waals surface area contributed by atoms with Crippen molar-refractivity contribution in [3.8, 4) is 17.1 Å². The number of benzene rings is 1. The fourth-order valence-corrected chi connectivity index (χ4v) is 3.36. The van der Waals surface area contributed by atoms with E-state index in [0.29, 0.717) is 28.3 Å². The van der Waals surface area contributed by atoms with Crippen LogP contribution >= 0.6 is 11.8 Å². The number of carbonyl (C=O) groups excluding carboxylic acids is 1. The third kappa shape index (κ3) is 4.25. The predicted octanol–water partition coefficient (Wildman–Crippen LogP) is 2.72. The van der Waals surface area contributed by atoms with Gasteiger partial charge in [-0.3, -0.25) is 9.89 Å². The molecule has 0 spiro atoms. The largest absolute Gasteiger partial charge is 0.507 e. The lowest BCUT2D eigenvalue weighted by molar-refractivity contribution is -0.119. The maximum atomic E-state index is 12.0. The summed E-state index contributed by atoms with van der Waals surface area (Å²) in [6.45, 7) is 0.